The van der Waals surface area contributed by atoms with Crippen molar-refractivity contribution in [2.75, 3.05) is 6.61 Å². The van der Waals surface area contributed by atoms with E-state index in [0.717, 1.165) is 13.0 Å². The fourth-order valence-corrected chi connectivity index (χ4v) is 0.808. The van der Waals surface area contributed by atoms with Gasteiger partial charge in [-0.1, -0.05) is 27.7 Å². The van der Waals surface area contributed by atoms with Crippen molar-refractivity contribution < 1.29 is 4.74 Å². The van der Waals surface area contributed by atoms with Crippen LogP contribution in [0.1, 0.15) is 47.5 Å². The molecule has 0 fully saturated rings. The van der Waals surface area contributed by atoms with Gasteiger partial charge in [0.05, 0.1) is 6.10 Å². The molecule has 0 aliphatic carbocycles. The molecule has 0 aliphatic rings. The van der Waals surface area contributed by atoms with Crippen LogP contribution >= 0.6 is 0 Å². The highest BCUT2D eigenvalue weighted by molar-refractivity contribution is 4.73. The third-order valence-corrected chi connectivity index (χ3v) is 2.58. The molecule has 1 atom stereocenters. The number of hydrogen-bond acceptors (Lipinski definition) is 1. The second-order valence-corrected chi connectivity index (χ2v) is 3.86. The van der Waals surface area contributed by atoms with Crippen LogP contribution < -0.4 is 0 Å². The minimum Gasteiger partial charge on any atom is -0.378 e. The maximum absolute atomic E-state index is 5.65. The first-order chi connectivity index (χ1) is 5.04. The molecule has 0 heterocycles. The van der Waals surface area contributed by atoms with Crippen LogP contribution in [-0.2, 0) is 4.74 Å². The molecule has 0 N–H and O–H groups in total. The zero-order chi connectivity index (χ0) is 8.91. The molecular formula is C10H22O. The number of hydrogen-bond donors (Lipinski definition) is 0. The van der Waals surface area contributed by atoms with E-state index in [4.69, 9.17) is 4.74 Å². The fraction of sp³-hybridized carbons (Fsp3) is 1.00. The second kappa shape index (κ2) is 4.76. The lowest BCUT2D eigenvalue weighted by Gasteiger charge is -2.30. The van der Waals surface area contributed by atoms with E-state index in [1.54, 1.807) is 0 Å². The molecule has 0 spiro atoms. The normalized spacial score (nSPS) is 15.0. The van der Waals surface area contributed by atoms with Gasteiger partial charge >= 0.3 is 0 Å². The summed E-state index contributed by atoms with van der Waals surface area (Å²) in [5.41, 5.74) is 0.329. The van der Waals surface area contributed by atoms with E-state index >= 15 is 0 Å². The summed E-state index contributed by atoms with van der Waals surface area (Å²) in [6, 6.07) is 0. The molecule has 0 bridgehead atoms. The first kappa shape index (κ1) is 11.0. The molecular weight excluding hydrogens is 136 g/mol. The monoisotopic (exact) mass is 158 g/mol. The molecule has 0 aromatic carbocycles. The van der Waals surface area contributed by atoms with Gasteiger partial charge in [-0.3, -0.25) is 0 Å². The van der Waals surface area contributed by atoms with Gasteiger partial charge in [0.25, 0.3) is 0 Å². The van der Waals surface area contributed by atoms with E-state index < -0.39 is 0 Å². The van der Waals surface area contributed by atoms with Crippen molar-refractivity contribution in [3.8, 4) is 0 Å². The average Bonchev–Trinajstić information content (AvgIpc) is 2.00. The largest absolute Gasteiger partial charge is 0.378 e. The van der Waals surface area contributed by atoms with Crippen LogP contribution in [0.2, 0.25) is 0 Å². The molecule has 1 heteroatoms. The maximum Gasteiger partial charge on any atom is 0.0597 e. The molecule has 1 unspecified atom stereocenters. The SMILES string of the molecule is CCCOC(C)C(C)(C)CC. The Morgan fingerprint density at radius 3 is 2.18 bits per heavy atom. The molecule has 11 heavy (non-hydrogen) atoms. The number of rotatable bonds is 5. The van der Waals surface area contributed by atoms with Crippen LogP contribution in [0.3, 0.4) is 0 Å². The molecule has 68 valence electrons. The molecule has 0 aromatic rings. The lowest BCUT2D eigenvalue weighted by molar-refractivity contribution is -0.0144. The highest BCUT2D eigenvalue weighted by Gasteiger charge is 2.23. The van der Waals surface area contributed by atoms with Gasteiger partial charge < -0.3 is 4.74 Å². The Morgan fingerprint density at radius 1 is 1.27 bits per heavy atom. The summed E-state index contributed by atoms with van der Waals surface area (Å²) in [6.45, 7) is 11.9. The molecule has 0 amide bonds. The Morgan fingerprint density at radius 2 is 1.82 bits per heavy atom. The van der Waals surface area contributed by atoms with Gasteiger partial charge in [-0.05, 0) is 25.2 Å². The predicted molar refractivity (Wildman–Crippen MR) is 49.8 cm³/mol. The molecule has 0 aliphatic heterocycles. The summed E-state index contributed by atoms with van der Waals surface area (Å²) in [6.07, 6.45) is 2.68. The Kier molecular flexibility index (Phi) is 4.74. The van der Waals surface area contributed by atoms with Crippen LogP contribution in [0.15, 0.2) is 0 Å². The number of ether oxygens (including phenoxy) is 1. The first-order valence-corrected chi connectivity index (χ1v) is 4.66. The summed E-state index contributed by atoms with van der Waals surface area (Å²) in [4.78, 5) is 0. The summed E-state index contributed by atoms with van der Waals surface area (Å²) in [7, 11) is 0. The minimum atomic E-state index is 0.329. The minimum absolute atomic E-state index is 0.329. The van der Waals surface area contributed by atoms with Crippen molar-refractivity contribution in [3.63, 3.8) is 0 Å². The average molecular weight is 158 g/mol. The van der Waals surface area contributed by atoms with Crippen molar-refractivity contribution in [1.82, 2.24) is 0 Å². The lowest BCUT2D eigenvalue weighted by atomic mass is 9.85. The van der Waals surface area contributed by atoms with Gasteiger partial charge in [0.2, 0.25) is 0 Å². The van der Waals surface area contributed by atoms with Crippen LogP contribution in [0.25, 0.3) is 0 Å². The van der Waals surface area contributed by atoms with Crippen molar-refractivity contribution >= 4 is 0 Å². The molecule has 0 saturated carbocycles. The molecule has 1 nitrogen and oxygen atoms in total. The summed E-state index contributed by atoms with van der Waals surface area (Å²) < 4.78 is 5.65. The van der Waals surface area contributed by atoms with Gasteiger partial charge in [0.15, 0.2) is 0 Å². The van der Waals surface area contributed by atoms with E-state index in [9.17, 15) is 0 Å². The summed E-state index contributed by atoms with van der Waals surface area (Å²) >= 11 is 0. The van der Waals surface area contributed by atoms with E-state index in [-0.39, 0.29) is 0 Å². The molecule has 0 radical (unpaired) electrons. The van der Waals surface area contributed by atoms with Crippen LogP contribution in [0, 0.1) is 5.41 Å². The van der Waals surface area contributed by atoms with Crippen molar-refractivity contribution in [1.29, 1.82) is 0 Å². The highest BCUT2D eigenvalue weighted by Crippen LogP contribution is 2.26. The third-order valence-electron chi connectivity index (χ3n) is 2.58. The second-order valence-electron chi connectivity index (χ2n) is 3.86. The van der Waals surface area contributed by atoms with Gasteiger partial charge in [-0.15, -0.1) is 0 Å². The predicted octanol–water partition coefficient (Wildman–Crippen LogP) is 3.24. The van der Waals surface area contributed by atoms with Crippen LogP contribution in [0.5, 0.6) is 0 Å². The Labute approximate surface area is 71.1 Å². The fourth-order valence-electron chi connectivity index (χ4n) is 0.808. The van der Waals surface area contributed by atoms with Crippen molar-refractivity contribution in [2.45, 2.75) is 53.6 Å². The van der Waals surface area contributed by atoms with E-state index in [2.05, 4.69) is 34.6 Å². The maximum atomic E-state index is 5.65. The smallest absolute Gasteiger partial charge is 0.0597 e. The van der Waals surface area contributed by atoms with Crippen LogP contribution in [0.4, 0.5) is 0 Å². The van der Waals surface area contributed by atoms with Gasteiger partial charge in [-0.2, -0.15) is 0 Å². The van der Waals surface area contributed by atoms with Crippen LogP contribution in [-0.4, -0.2) is 12.7 Å². The van der Waals surface area contributed by atoms with Crippen molar-refractivity contribution in [3.05, 3.63) is 0 Å². The molecule has 0 saturated heterocycles. The van der Waals surface area contributed by atoms with Gasteiger partial charge in [0.1, 0.15) is 0 Å². The Hall–Kier alpha value is -0.0400. The van der Waals surface area contributed by atoms with E-state index in [1.807, 2.05) is 0 Å². The van der Waals surface area contributed by atoms with Crippen molar-refractivity contribution in [2.24, 2.45) is 5.41 Å². The summed E-state index contributed by atoms with van der Waals surface area (Å²) in [5.74, 6) is 0. The topological polar surface area (TPSA) is 9.23 Å². The standard InChI is InChI=1S/C10H22O/c1-6-8-11-9(3)10(4,5)7-2/h9H,6-8H2,1-5H3. The van der Waals surface area contributed by atoms with Gasteiger partial charge in [-0.25, -0.2) is 0 Å². The molecule has 0 aromatic heterocycles. The Bertz CT molecular complexity index is 97.0. The summed E-state index contributed by atoms with van der Waals surface area (Å²) in [5, 5.41) is 0. The Balaban J connectivity index is 3.71. The van der Waals surface area contributed by atoms with E-state index in [1.165, 1.54) is 6.42 Å². The quantitative estimate of drug-likeness (QED) is 0.597. The van der Waals surface area contributed by atoms with Gasteiger partial charge in [0, 0.05) is 6.61 Å². The first-order valence-electron chi connectivity index (χ1n) is 4.66. The lowest BCUT2D eigenvalue weighted by Crippen LogP contribution is -2.28. The molecule has 0 rings (SSSR count). The zero-order valence-corrected chi connectivity index (χ0v) is 8.61. The van der Waals surface area contributed by atoms with E-state index in [0.29, 0.717) is 11.5 Å². The highest BCUT2D eigenvalue weighted by atomic mass is 16.5. The zero-order valence-electron chi connectivity index (χ0n) is 8.61. The third kappa shape index (κ3) is 3.76.